The van der Waals surface area contributed by atoms with Gasteiger partial charge in [-0.05, 0) is 36.6 Å². The van der Waals surface area contributed by atoms with Gasteiger partial charge in [0.05, 0.1) is 12.7 Å². The molecule has 0 aromatic heterocycles. The summed E-state index contributed by atoms with van der Waals surface area (Å²) in [5.74, 6) is -0.296. The number of hydrogen-bond donors (Lipinski definition) is 0. The van der Waals surface area contributed by atoms with Gasteiger partial charge in [0.25, 0.3) is 0 Å². The van der Waals surface area contributed by atoms with Gasteiger partial charge in [0.15, 0.2) is 0 Å². The van der Waals surface area contributed by atoms with Crippen LogP contribution in [0.2, 0.25) is 0 Å². The smallest absolute Gasteiger partial charge is 0.337 e. The highest BCUT2D eigenvalue weighted by atomic mass is 79.9. The summed E-state index contributed by atoms with van der Waals surface area (Å²) in [5.41, 5.74) is 2.80. The van der Waals surface area contributed by atoms with Crippen LogP contribution < -0.4 is 0 Å². The fraction of sp³-hybridized carbons (Fsp3) is 0.308. The van der Waals surface area contributed by atoms with Crippen LogP contribution in [-0.2, 0) is 4.74 Å². The normalized spacial score (nSPS) is 10.7. The lowest BCUT2D eigenvalue weighted by Crippen LogP contribution is -2.01. The van der Waals surface area contributed by atoms with Gasteiger partial charge in [0, 0.05) is 5.33 Å². The van der Waals surface area contributed by atoms with Crippen LogP contribution in [0.5, 0.6) is 0 Å². The van der Waals surface area contributed by atoms with Crippen molar-refractivity contribution >= 4 is 28.0 Å². The zero-order valence-electron chi connectivity index (χ0n) is 9.50. The lowest BCUT2D eigenvalue weighted by molar-refractivity contribution is 0.0600. The van der Waals surface area contributed by atoms with E-state index in [2.05, 4.69) is 26.7 Å². The third-order valence-corrected chi connectivity index (χ3v) is 2.73. The van der Waals surface area contributed by atoms with Gasteiger partial charge in [-0.25, -0.2) is 4.79 Å². The molecule has 0 bridgehead atoms. The Hall–Kier alpha value is -1.09. The van der Waals surface area contributed by atoms with Crippen LogP contribution in [-0.4, -0.2) is 18.4 Å². The van der Waals surface area contributed by atoms with Gasteiger partial charge in [0.1, 0.15) is 0 Å². The predicted octanol–water partition coefficient (Wildman–Crippen LogP) is 3.58. The number of allylic oxidation sites excluding steroid dienone is 1. The van der Waals surface area contributed by atoms with Crippen molar-refractivity contribution in [2.24, 2.45) is 0 Å². The van der Waals surface area contributed by atoms with Crippen LogP contribution in [0, 0.1) is 6.92 Å². The number of benzene rings is 1. The largest absolute Gasteiger partial charge is 0.465 e. The van der Waals surface area contributed by atoms with E-state index < -0.39 is 0 Å². The Bertz CT molecular complexity index is 397. The fourth-order valence-electron chi connectivity index (χ4n) is 1.34. The minimum Gasteiger partial charge on any atom is -0.465 e. The van der Waals surface area contributed by atoms with Crippen LogP contribution in [0.4, 0.5) is 0 Å². The van der Waals surface area contributed by atoms with E-state index in [1.807, 2.05) is 25.1 Å². The second-order valence-electron chi connectivity index (χ2n) is 3.44. The molecule has 86 valence electrons. The molecule has 0 saturated carbocycles. The minimum absolute atomic E-state index is 0.296. The number of alkyl halides is 1. The summed E-state index contributed by atoms with van der Waals surface area (Å²) in [6.45, 7) is 2.02. The molecular formula is C13H15BrO2. The number of rotatable bonds is 4. The van der Waals surface area contributed by atoms with Crippen molar-refractivity contribution in [3.63, 3.8) is 0 Å². The molecule has 0 radical (unpaired) electrons. The number of methoxy groups -OCH3 is 1. The Kier molecular flexibility index (Phi) is 5.26. The summed E-state index contributed by atoms with van der Waals surface area (Å²) >= 11 is 3.36. The molecule has 0 fully saturated rings. The maximum Gasteiger partial charge on any atom is 0.337 e. The number of ether oxygens (including phenoxy) is 1. The molecule has 0 spiro atoms. The molecule has 1 aromatic rings. The first kappa shape index (κ1) is 13.0. The van der Waals surface area contributed by atoms with E-state index in [1.54, 1.807) is 6.07 Å². The van der Waals surface area contributed by atoms with Crippen molar-refractivity contribution in [1.29, 1.82) is 0 Å². The third-order valence-electron chi connectivity index (χ3n) is 2.27. The standard InChI is InChI=1S/C13H15BrO2/c1-10-6-7-12(13(15)16-2)9-11(10)5-3-4-8-14/h3,5-7,9H,4,8H2,1-2H3. The highest BCUT2D eigenvalue weighted by Crippen LogP contribution is 2.14. The number of carbonyl (C=O) groups is 1. The van der Waals surface area contributed by atoms with Gasteiger partial charge in [-0.2, -0.15) is 0 Å². The first-order chi connectivity index (χ1) is 7.69. The Balaban J connectivity index is 2.94. The number of halogens is 1. The Labute approximate surface area is 104 Å². The molecule has 0 atom stereocenters. The lowest BCUT2D eigenvalue weighted by atomic mass is 10.0. The van der Waals surface area contributed by atoms with Crippen molar-refractivity contribution in [2.45, 2.75) is 13.3 Å². The average molecular weight is 283 g/mol. The molecule has 0 saturated heterocycles. The van der Waals surface area contributed by atoms with Crippen LogP contribution >= 0.6 is 15.9 Å². The summed E-state index contributed by atoms with van der Waals surface area (Å²) in [4.78, 5) is 11.4. The van der Waals surface area contributed by atoms with Crippen molar-refractivity contribution < 1.29 is 9.53 Å². The monoisotopic (exact) mass is 282 g/mol. The number of carbonyl (C=O) groups excluding carboxylic acids is 1. The van der Waals surface area contributed by atoms with Crippen molar-refractivity contribution in [2.75, 3.05) is 12.4 Å². The molecule has 0 heterocycles. The van der Waals surface area contributed by atoms with Gasteiger partial charge in [0.2, 0.25) is 0 Å². The quantitative estimate of drug-likeness (QED) is 0.623. The molecule has 0 N–H and O–H groups in total. The fourth-order valence-corrected chi connectivity index (χ4v) is 1.60. The average Bonchev–Trinajstić information content (AvgIpc) is 2.31. The summed E-state index contributed by atoms with van der Waals surface area (Å²) in [6.07, 6.45) is 5.09. The maximum absolute atomic E-state index is 11.4. The van der Waals surface area contributed by atoms with Crippen molar-refractivity contribution in [3.05, 3.63) is 41.0 Å². The van der Waals surface area contributed by atoms with Gasteiger partial charge in [-0.3, -0.25) is 0 Å². The zero-order chi connectivity index (χ0) is 12.0. The SMILES string of the molecule is COC(=O)c1ccc(C)c(C=CCCBr)c1. The van der Waals surface area contributed by atoms with E-state index in [9.17, 15) is 4.79 Å². The number of hydrogen-bond acceptors (Lipinski definition) is 2. The molecule has 16 heavy (non-hydrogen) atoms. The number of esters is 1. The van der Waals surface area contributed by atoms with E-state index in [-0.39, 0.29) is 5.97 Å². The van der Waals surface area contributed by atoms with Crippen LogP contribution in [0.3, 0.4) is 0 Å². The second-order valence-corrected chi connectivity index (χ2v) is 4.24. The van der Waals surface area contributed by atoms with E-state index in [0.717, 1.165) is 22.9 Å². The summed E-state index contributed by atoms with van der Waals surface area (Å²) in [7, 11) is 1.39. The summed E-state index contributed by atoms with van der Waals surface area (Å²) < 4.78 is 4.69. The maximum atomic E-state index is 11.4. The highest BCUT2D eigenvalue weighted by Gasteiger charge is 2.06. The van der Waals surface area contributed by atoms with Gasteiger partial charge in [-0.1, -0.05) is 34.1 Å². The molecule has 0 aliphatic heterocycles. The van der Waals surface area contributed by atoms with E-state index >= 15 is 0 Å². The van der Waals surface area contributed by atoms with Gasteiger partial charge in [-0.15, -0.1) is 0 Å². The molecule has 1 rings (SSSR count). The Morgan fingerprint density at radius 3 is 2.88 bits per heavy atom. The molecule has 0 amide bonds. The topological polar surface area (TPSA) is 26.3 Å². The molecule has 0 aliphatic rings. The molecule has 2 nitrogen and oxygen atoms in total. The van der Waals surface area contributed by atoms with Crippen LogP contribution in [0.25, 0.3) is 6.08 Å². The molecule has 0 aliphatic carbocycles. The molecule has 0 unspecified atom stereocenters. The Morgan fingerprint density at radius 2 is 2.25 bits per heavy atom. The van der Waals surface area contributed by atoms with E-state index in [1.165, 1.54) is 7.11 Å². The molecule has 1 aromatic carbocycles. The summed E-state index contributed by atoms with van der Waals surface area (Å²) in [6, 6.07) is 5.56. The van der Waals surface area contributed by atoms with E-state index in [0.29, 0.717) is 5.56 Å². The minimum atomic E-state index is -0.296. The second kappa shape index (κ2) is 6.48. The third kappa shape index (κ3) is 3.49. The van der Waals surface area contributed by atoms with Crippen LogP contribution in [0.1, 0.15) is 27.9 Å². The molecule has 3 heteroatoms. The van der Waals surface area contributed by atoms with Gasteiger partial charge < -0.3 is 4.74 Å². The first-order valence-corrected chi connectivity index (χ1v) is 6.22. The zero-order valence-corrected chi connectivity index (χ0v) is 11.1. The number of aryl methyl sites for hydroxylation is 1. The van der Waals surface area contributed by atoms with Crippen molar-refractivity contribution in [1.82, 2.24) is 0 Å². The summed E-state index contributed by atoms with van der Waals surface area (Å²) in [5, 5.41) is 0.944. The lowest BCUT2D eigenvalue weighted by Gasteiger charge is -2.04. The highest BCUT2D eigenvalue weighted by molar-refractivity contribution is 9.09. The Morgan fingerprint density at radius 1 is 1.50 bits per heavy atom. The predicted molar refractivity (Wildman–Crippen MR) is 70.0 cm³/mol. The van der Waals surface area contributed by atoms with Crippen molar-refractivity contribution in [3.8, 4) is 0 Å². The van der Waals surface area contributed by atoms with E-state index in [4.69, 9.17) is 0 Å². The molecular weight excluding hydrogens is 268 g/mol. The van der Waals surface area contributed by atoms with Gasteiger partial charge >= 0.3 is 5.97 Å². The van der Waals surface area contributed by atoms with Crippen LogP contribution in [0.15, 0.2) is 24.3 Å². The first-order valence-electron chi connectivity index (χ1n) is 5.10.